The van der Waals surface area contributed by atoms with E-state index in [1.165, 1.54) is 13.3 Å². The summed E-state index contributed by atoms with van der Waals surface area (Å²) >= 11 is 0. The molecule has 0 unspecified atom stereocenters. The minimum atomic E-state index is -0.240. The first-order valence-electron chi connectivity index (χ1n) is 4.33. The van der Waals surface area contributed by atoms with E-state index in [4.69, 9.17) is 5.11 Å². The highest BCUT2D eigenvalue weighted by Gasteiger charge is 2.04. The molecule has 0 radical (unpaired) electrons. The highest BCUT2D eigenvalue weighted by molar-refractivity contribution is 5.68. The van der Waals surface area contributed by atoms with Crippen molar-refractivity contribution in [1.29, 1.82) is 0 Å². The maximum absolute atomic E-state index is 10.8. The molecule has 0 saturated carbocycles. The van der Waals surface area contributed by atoms with Crippen LogP contribution in [0.2, 0.25) is 0 Å². The molecule has 0 aromatic carbocycles. The normalized spacial score (nSPS) is 10.1. The first-order chi connectivity index (χ1) is 6.77. The van der Waals surface area contributed by atoms with E-state index in [9.17, 15) is 4.79 Å². The van der Waals surface area contributed by atoms with Crippen molar-refractivity contribution in [1.82, 2.24) is 15.0 Å². The number of aliphatic hydroxyl groups excluding tert-OH is 1. The van der Waals surface area contributed by atoms with Crippen molar-refractivity contribution in [2.45, 2.75) is 26.0 Å². The Morgan fingerprint density at radius 2 is 2.50 bits per heavy atom. The van der Waals surface area contributed by atoms with E-state index >= 15 is 0 Å². The third kappa shape index (κ3) is 2.81. The Balaban J connectivity index is 2.34. The van der Waals surface area contributed by atoms with Crippen molar-refractivity contribution in [2.24, 2.45) is 0 Å². The molecule has 0 aliphatic heterocycles. The van der Waals surface area contributed by atoms with Gasteiger partial charge in [0.05, 0.1) is 25.6 Å². The topological polar surface area (TPSA) is 77.2 Å². The second-order valence-corrected chi connectivity index (χ2v) is 2.79. The van der Waals surface area contributed by atoms with Crippen LogP contribution in [-0.2, 0) is 22.7 Å². The molecule has 0 amide bonds. The van der Waals surface area contributed by atoms with Crippen molar-refractivity contribution in [2.75, 3.05) is 7.11 Å². The second-order valence-electron chi connectivity index (χ2n) is 2.79. The Morgan fingerprint density at radius 3 is 3.14 bits per heavy atom. The minimum Gasteiger partial charge on any atom is -0.469 e. The third-order valence-electron chi connectivity index (χ3n) is 1.84. The fourth-order valence-electron chi connectivity index (χ4n) is 1.06. The van der Waals surface area contributed by atoms with E-state index in [1.807, 2.05) is 0 Å². The van der Waals surface area contributed by atoms with Crippen LogP contribution >= 0.6 is 0 Å². The van der Waals surface area contributed by atoms with Gasteiger partial charge in [0.25, 0.3) is 0 Å². The van der Waals surface area contributed by atoms with Gasteiger partial charge < -0.3 is 9.84 Å². The number of aliphatic hydroxyl groups is 1. The van der Waals surface area contributed by atoms with Gasteiger partial charge >= 0.3 is 5.97 Å². The van der Waals surface area contributed by atoms with Crippen molar-refractivity contribution in [3.05, 3.63) is 11.9 Å². The average Bonchev–Trinajstić information content (AvgIpc) is 2.65. The van der Waals surface area contributed by atoms with Crippen LogP contribution in [0.25, 0.3) is 0 Å². The molecule has 0 aliphatic rings. The summed E-state index contributed by atoms with van der Waals surface area (Å²) in [5.74, 6) is -0.240. The van der Waals surface area contributed by atoms with Gasteiger partial charge in [-0.25, -0.2) is 4.68 Å². The van der Waals surface area contributed by atoms with E-state index in [0.29, 0.717) is 25.1 Å². The lowest BCUT2D eigenvalue weighted by molar-refractivity contribution is -0.140. The van der Waals surface area contributed by atoms with Gasteiger partial charge in [0.2, 0.25) is 0 Å². The molecule has 1 aromatic heterocycles. The van der Waals surface area contributed by atoms with Gasteiger partial charge in [-0.2, -0.15) is 0 Å². The number of carbonyl (C=O) groups is 1. The SMILES string of the molecule is COC(=O)CCCn1nncc1CO. The van der Waals surface area contributed by atoms with Crippen molar-refractivity contribution < 1.29 is 14.6 Å². The van der Waals surface area contributed by atoms with Gasteiger partial charge in [0.1, 0.15) is 0 Å². The van der Waals surface area contributed by atoms with Gasteiger partial charge in [-0.3, -0.25) is 4.79 Å². The Morgan fingerprint density at radius 1 is 1.71 bits per heavy atom. The fraction of sp³-hybridized carbons (Fsp3) is 0.625. The molecule has 0 aliphatic carbocycles. The number of hydrogen-bond donors (Lipinski definition) is 1. The summed E-state index contributed by atoms with van der Waals surface area (Å²) < 4.78 is 6.06. The molecular weight excluding hydrogens is 186 g/mol. The number of ether oxygens (including phenoxy) is 1. The van der Waals surface area contributed by atoms with E-state index in [-0.39, 0.29) is 12.6 Å². The Labute approximate surface area is 81.5 Å². The van der Waals surface area contributed by atoms with Crippen molar-refractivity contribution in [3.63, 3.8) is 0 Å². The number of rotatable bonds is 5. The van der Waals surface area contributed by atoms with E-state index in [0.717, 1.165) is 0 Å². The Bertz CT molecular complexity index is 298. The highest BCUT2D eigenvalue weighted by Crippen LogP contribution is 2.00. The summed E-state index contributed by atoms with van der Waals surface area (Å²) in [6.45, 7) is 0.468. The molecule has 0 fully saturated rings. The number of aryl methyl sites for hydroxylation is 1. The number of aromatic nitrogens is 3. The monoisotopic (exact) mass is 199 g/mol. The smallest absolute Gasteiger partial charge is 0.305 e. The van der Waals surface area contributed by atoms with Crippen LogP contribution in [0.3, 0.4) is 0 Å². The van der Waals surface area contributed by atoms with Crippen LogP contribution in [0, 0.1) is 0 Å². The van der Waals surface area contributed by atoms with Crippen LogP contribution in [0.4, 0.5) is 0 Å². The minimum absolute atomic E-state index is 0.0920. The highest BCUT2D eigenvalue weighted by atomic mass is 16.5. The predicted molar refractivity (Wildman–Crippen MR) is 47.2 cm³/mol. The lowest BCUT2D eigenvalue weighted by atomic mass is 10.3. The molecule has 0 bridgehead atoms. The van der Waals surface area contributed by atoms with Crippen LogP contribution in [0.5, 0.6) is 0 Å². The Kier molecular flexibility index (Phi) is 4.06. The molecule has 6 nitrogen and oxygen atoms in total. The van der Waals surface area contributed by atoms with Gasteiger partial charge in [-0.05, 0) is 6.42 Å². The van der Waals surface area contributed by atoms with Crippen LogP contribution < -0.4 is 0 Å². The fourth-order valence-corrected chi connectivity index (χ4v) is 1.06. The predicted octanol–water partition coefficient (Wildman–Crippen LogP) is -0.276. The molecule has 1 rings (SSSR count). The Hall–Kier alpha value is -1.43. The van der Waals surface area contributed by atoms with E-state index in [1.54, 1.807) is 4.68 Å². The summed E-state index contributed by atoms with van der Waals surface area (Å²) in [6.07, 6.45) is 2.47. The van der Waals surface area contributed by atoms with Crippen LogP contribution in [0.1, 0.15) is 18.5 Å². The van der Waals surface area contributed by atoms with E-state index in [2.05, 4.69) is 15.0 Å². The summed E-state index contributed by atoms with van der Waals surface area (Å²) in [5, 5.41) is 16.3. The largest absolute Gasteiger partial charge is 0.469 e. The van der Waals surface area contributed by atoms with Crippen LogP contribution in [-0.4, -0.2) is 33.2 Å². The van der Waals surface area contributed by atoms with Crippen LogP contribution in [0.15, 0.2) is 6.20 Å². The average molecular weight is 199 g/mol. The zero-order valence-electron chi connectivity index (χ0n) is 8.01. The zero-order chi connectivity index (χ0) is 10.4. The molecule has 0 atom stereocenters. The maximum Gasteiger partial charge on any atom is 0.305 e. The molecule has 0 spiro atoms. The third-order valence-corrected chi connectivity index (χ3v) is 1.84. The van der Waals surface area contributed by atoms with Gasteiger partial charge in [-0.1, -0.05) is 5.21 Å². The molecular formula is C8H13N3O3. The first kappa shape index (κ1) is 10.6. The number of esters is 1. The molecule has 1 heterocycles. The quantitative estimate of drug-likeness (QED) is 0.660. The second kappa shape index (κ2) is 5.33. The molecule has 1 aromatic rings. The molecule has 0 saturated heterocycles. The summed E-state index contributed by atoms with van der Waals surface area (Å²) in [5.41, 5.74) is 0.648. The lowest BCUT2D eigenvalue weighted by Crippen LogP contribution is -2.08. The number of hydrogen-bond acceptors (Lipinski definition) is 5. The first-order valence-corrected chi connectivity index (χ1v) is 4.33. The summed E-state index contributed by atoms with van der Waals surface area (Å²) in [4.78, 5) is 10.8. The van der Waals surface area contributed by atoms with E-state index < -0.39 is 0 Å². The van der Waals surface area contributed by atoms with Crippen molar-refractivity contribution >= 4 is 5.97 Å². The van der Waals surface area contributed by atoms with Gasteiger partial charge in [-0.15, -0.1) is 5.10 Å². The number of nitrogens with zero attached hydrogens (tertiary/aromatic N) is 3. The number of methoxy groups -OCH3 is 1. The van der Waals surface area contributed by atoms with Gasteiger partial charge in [0.15, 0.2) is 0 Å². The van der Waals surface area contributed by atoms with Crippen molar-refractivity contribution in [3.8, 4) is 0 Å². The van der Waals surface area contributed by atoms with Gasteiger partial charge in [0, 0.05) is 13.0 Å². The summed E-state index contributed by atoms with van der Waals surface area (Å²) in [6, 6.07) is 0. The standard InChI is InChI=1S/C8H13N3O3/c1-14-8(13)3-2-4-11-7(6-12)5-9-10-11/h5,12H,2-4,6H2,1H3. The molecule has 78 valence electrons. The number of carbonyl (C=O) groups excluding carboxylic acids is 1. The summed E-state index contributed by atoms with van der Waals surface area (Å²) in [7, 11) is 1.36. The molecule has 14 heavy (non-hydrogen) atoms. The zero-order valence-corrected chi connectivity index (χ0v) is 8.01. The molecule has 1 N–H and O–H groups in total. The maximum atomic E-state index is 10.8. The molecule has 6 heteroatoms. The lowest BCUT2D eigenvalue weighted by Gasteiger charge is -2.02.